The van der Waals surface area contributed by atoms with E-state index < -0.39 is 0 Å². The lowest BCUT2D eigenvalue weighted by molar-refractivity contribution is -0.132. The Hall–Kier alpha value is -4.21. The minimum absolute atomic E-state index is 0.00597. The van der Waals surface area contributed by atoms with Crippen molar-refractivity contribution in [3.8, 4) is 0 Å². The Morgan fingerprint density at radius 2 is 1.71 bits per heavy atom. The molecule has 10 heteroatoms. The summed E-state index contributed by atoms with van der Waals surface area (Å²) >= 11 is 0. The molecule has 10 nitrogen and oxygen atoms in total. The summed E-state index contributed by atoms with van der Waals surface area (Å²) in [5, 5.41) is 7.10. The topological polar surface area (TPSA) is 104 Å². The molecule has 1 aliphatic rings. The van der Waals surface area contributed by atoms with E-state index in [9.17, 15) is 14.4 Å². The Morgan fingerprint density at radius 1 is 1.03 bits per heavy atom. The molecule has 0 aliphatic carbocycles. The third kappa shape index (κ3) is 5.48. The molecule has 1 N–H and O–H groups in total. The van der Waals surface area contributed by atoms with Gasteiger partial charge in [-0.15, -0.1) is 0 Å². The van der Waals surface area contributed by atoms with Gasteiger partial charge in [-0.3, -0.25) is 24.0 Å². The second-order valence-corrected chi connectivity index (χ2v) is 8.53. The highest BCUT2D eigenvalue weighted by Gasteiger charge is 2.26. The molecule has 3 aromatic rings. The number of piperazine rings is 1. The first kappa shape index (κ1) is 23.9. The van der Waals surface area contributed by atoms with Crippen molar-refractivity contribution in [1.29, 1.82) is 0 Å². The van der Waals surface area contributed by atoms with Crippen molar-refractivity contribution in [1.82, 2.24) is 24.6 Å². The van der Waals surface area contributed by atoms with Crippen molar-refractivity contribution in [2.24, 2.45) is 7.05 Å². The van der Waals surface area contributed by atoms with Gasteiger partial charge in [0.15, 0.2) is 0 Å². The maximum absolute atomic E-state index is 12.9. The van der Waals surface area contributed by atoms with Crippen LogP contribution in [-0.2, 0) is 11.8 Å². The number of hydrogen-bond acceptors (Lipinski definition) is 6. The number of nitrogens with zero attached hydrogens (tertiary/aromatic N) is 6. The Morgan fingerprint density at radius 3 is 2.37 bits per heavy atom. The van der Waals surface area contributed by atoms with Crippen LogP contribution in [-0.4, -0.2) is 82.1 Å². The molecule has 1 fully saturated rings. The fraction of sp³-hybridized carbons (Fsp3) is 0.320. The van der Waals surface area contributed by atoms with Gasteiger partial charge in [-0.05, 0) is 37.3 Å². The number of carbonyl (C=O) groups is 3. The molecule has 0 saturated carbocycles. The van der Waals surface area contributed by atoms with Crippen molar-refractivity contribution in [2.45, 2.75) is 6.92 Å². The molecular formula is C25H29N7O3. The van der Waals surface area contributed by atoms with E-state index in [1.165, 1.54) is 9.58 Å². The highest BCUT2D eigenvalue weighted by molar-refractivity contribution is 6.08. The lowest BCUT2D eigenvalue weighted by atomic mass is 10.1. The van der Waals surface area contributed by atoms with Gasteiger partial charge >= 0.3 is 0 Å². The van der Waals surface area contributed by atoms with E-state index in [1.807, 2.05) is 25.1 Å². The predicted octanol–water partition coefficient (Wildman–Crippen LogP) is 1.80. The number of aryl methyl sites for hydroxylation is 2. The number of para-hydroxylation sites is 1. The molecule has 1 aromatic carbocycles. The molecule has 3 heterocycles. The quantitative estimate of drug-likeness (QED) is 0.583. The number of aromatic nitrogens is 3. The second kappa shape index (κ2) is 10.4. The van der Waals surface area contributed by atoms with Crippen LogP contribution in [0, 0.1) is 6.92 Å². The number of amides is 3. The van der Waals surface area contributed by atoms with Crippen LogP contribution in [0.15, 0.2) is 54.9 Å². The number of carbonyl (C=O) groups excluding carboxylic acids is 3. The number of likely N-dealkylation sites (N-methyl/N-ethyl adjacent to an activating group) is 1. The van der Waals surface area contributed by atoms with E-state index in [0.29, 0.717) is 43.1 Å². The van der Waals surface area contributed by atoms with Crippen molar-refractivity contribution < 1.29 is 14.4 Å². The fourth-order valence-corrected chi connectivity index (χ4v) is 4.15. The first-order valence-electron chi connectivity index (χ1n) is 11.4. The van der Waals surface area contributed by atoms with E-state index in [4.69, 9.17) is 0 Å². The molecule has 4 rings (SSSR count). The number of benzene rings is 1. The Balaban J connectivity index is 1.36. The van der Waals surface area contributed by atoms with Gasteiger partial charge < -0.3 is 20.0 Å². The van der Waals surface area contributed by atoms with E-state index in [2.05, 4.69) is 20.3 Å². The first-order valence-corrected chi connectivity index (χ1v) is 11.4. The smallest absolute Gasteiger partial charge is 0.272 e. The summed E-state index contributed by atoms with van der Waals surface area (Å²) in [5.74, 6) is -0.548. The van der Waals surface area contributed by atoms with Crippen molar-refractivity contribution in [3.05, 3.63) is 71.8 Å². The summed E-state index contributed by atoms with van der Waals surface area (Å²) in [4.78, 5) is 47.8. The van der Waals surface area contributed by atoms with Crippen LogP contribution in [0.1, 0.15) is 26.5 Å². The summed E-state index contributed by atoms with van der Waals surface area (Å²) in [5.41, 5.74) is 3.27. The summed E-state index contributed by atoms with van der Waals surface area (Å²) in [6.07, 6.45) is 3.25. The van der Waals surface area contributed by atoms with Crippen LogP contribution < -0.4 is 10.2 Å². The van der Waals surface area contributed by atoms with Crippen molar-refractivity contribution in [2.75, 3.05) is 50.0 Å². The minimum Gasteiger partial charge on any atom is -0.367 e. The number of anilines is 2. The second-order valence-electron chi connectivity index (χ2n) is 8.53. The van der Waals surface area contributed by atoms with E-state index >= 15 is 0 Å². The summed E-state index contributed by atoms with van der Waals surface area (Å²) < 4.78 is 1.53. The highest BCUT2D eigenvalue weighted by atomic mass is 16.2. The van der Waals surface area contributed by atoms with Gasteiger partial charge in [0.2, 0.25) is 5.91 Å². The highest BCUT2D eigenvalue weighted by Crippen LogP contribution is 2.23. The summed E-state index contributed by atoms with van der Waals surface area (Å²) in [6.45, 7) is 4.00. The molecule has 0 spiro atoms. The van der Waals surface area contributed by atoms with Gasteiger partial charge in [0, 0.05) is 64.0 Å². The monoisotopic (exact) mass is 475 g/mol. The van der Waals surface area contributed by atoms with Gasteiger partial charge in [0.1, 0.15) is 5.69 Å². The molecule has 0 bridgehead atoms. The molecule has 1 aliphatic heterocycles. The lowest BCUT2D eigenvalue weighted by Crippen LogP contribution is -2.51. The van der Waals surface area contributed by atoms with Crippen LogP contribution in [0.4, 0.5) is 11.4 Å². The number of hydrogen-bond donors (Lipinski definition) is 1. The van der Waals surface area contributed by atoms with Gasteiger partial charge in [0.25, 0.3) is 11.8 Å². The summed E-state index contributed by atoms with van der Waals surface area (Å²) in [7, 11) is 3.33. The van der Waals surface area contributed by atoms with Gasteiger partial charge in [-0.2, -0.15) is 5.10 Å². The maximum Gasteiger partial charge on any atom is 0.272 e. The zero-order valence-electron chi connectivity index (χ0n) is 20.1. The summed E-state index contributed by atoms with van der Waals surface area (Å²) in [6, 6.07) is 12.6. The number of pyridine rings is 1. The first-order chi connectivity index (χ1) is 16.8. The van der Waals surface area contributed by atoms with Crippen molar-refractivity contribution >= 4 is 29.1 Å². The molecule has 2 aromatic heterocycles. The molecule has 35 heavy (non-hydrogen) atoms. The van der Waals surface area contributed by atoms with Crippen LogP contribution >= 0.6 is 0 Å². The normalized spacial score (nSPS) is 13.5. The molecule has 1 saturated heterocycles. The van der Waals surface area contributed by atoms with Crippen LogP contribution in [0.2, 0.25) is 0 Å². The Labute approximate surface area is 204 Å². The van der Waals surface area contributed by atoms with Gasteiger partial charge in [-0.25, -0.2) is 0 Å². The molecule has 3 amide bonds. The zero-order chi connectivity index (χ0) is 24.9. The fourth-order valence-electron chi connectivity index (χ4n) is 4.15. The predicted molar refractivity (Wildman–Crippen MR) is 132 cm³/mol. The van der Waals surface area contributed by atoms with Crippen molar-refractivity contribution in [3.63, 3.8) is 0 Å². The lowest BCUT2D eigenvalue weighted by Gasteiger charge is -2.37. The third-order valence-corrected chi connectivity index (χ3v) is 6.00. The van der Waals surface area contributed by atoms with Gasteiger partial charge in [-0.1, -0.05) is 12.1 Å². The van der Waals surface area contributed by atoms with Gasteiger partial charge in [0.05, 0.1) is 17.8 Å². The number of nitrogens with one attached hydrogen (secondary N) is 1. The molecule has 182 valence electrons. The van der Waals surface area contributed by atoms with Crippen LogP contribution in [0.3, 0.4) is 0 Å². The molecule has 0 atom stereocenters. The minimum atomic E-state index is -0.241. The Bertz CT molecular complexity index is 1220. The average molecular weight is 476 g/mol. The van der Waals surface area contributed by atoms with Crippen LogP contribution in [0.25, 0.3) is 0 Å². The Kier molecular flexibility index (Phi) is 7.09. The van der Waals surface area contributed by atoms with E-state index in [0.717, 1.165) is 11.4 Å². The largest absolute Gasteiger partial charge is 0.367 e. The number of rotatable bonds is 6. The third-order valence-electron chi connectivity index (χ3n) is 6.00. The van der Waals surface area contributed by atoms with Crippen LogP contribution in [0.5, 0.6) is 0 Å². The SMILES string of the molecule is Cc1cc(C(=O)N(C)CC(=O)N2CCN(c3ccccc3C(=O)Nc3ccncc3)CC2)n(C)n1. The zero-order valence-corrected chi connectivity index (χ0v) is 20.1. The average Bonchev–Trinajstić information content (AvgIpc) is 3.21. The molecular weight excluding hydrogens is 446 g/mol. The standard InChI is InChI=1S/C25H29N7O3/c1-18-16-22(30(3)28-18)25(35)29(2)17-23(33)32-14-12-31(13-15-32)21-7-5-4-6-20(21)24(34)27-19-8-10-26-11-9-19/h4-11,16H,12-15,17H2,1-3H3,(H,26,27,34). The van der Waals surface area contributed by atoms with E-state index in [1.54, 1.807) is 55.7 Å². The molecule has 0 radical (unpaired) electrons. The van der Waals surface area contributed by atoms with E-state index in [-0.39, 0.29) is 24.3 Å². The molecule has 0 unspecified atom stereocenters. The maximum atomic E-state index is 12.9.